The number of ether oxygens (including phenoxy) is 1. The summed E-state index contributed by atoms with van der Waals surface area (Å²) in [4.78, 5) is 37.7. The summed E-state index contributed by atoms with van der Waals surface area (Å²) in [7, 11) is 0. The van der Waals surface area contributed by atoms with Crippen molar-refractivity contribution >= 4 is 11.7 Å². The van der Waals surface area contributed by atoms with Crippen LogP contribution in [0.3, 0.4) is 0 Å². The molecule has 4 rings (SSSR count). The molecule has 32 heavy (non-hydrogen) atoms. The van der Waals surface area contributed by atoms with Crippen molar-refractivity contribution in [1.82, 2.24) is 9.88 Å². The van der Waals surface area contributed by atoms with Crippen LogP contribution in [0.4, 0.5) is 0 Å². The molecule has 1 aliphatic rings. The zero-order valence-corrected chi connectivity index (χ0v) is 17.3. The van der Waals surface area contributed by atoms with Crippen LogP contribution in [0.1, 0.15) is 45.9 Å². The molecular weight excluding hydrogens is 406 g/mol. The quantitative estimate of drug-likeness (QED) is 0.557. The number of hydrogen-bond acceptors (Lipinski definition) is 5. The number of aromatic nitrogens is 1. The second kappa shape index (κ2) is 9.31. The number of nitrogens with zero attached hydrogens (tertiary/aromatic N) is 2. The molecule has 1 heterocycles. The van der Waals surface area contributed by atoms with E-state index in [1.54, 1.807) is 24.3 Å². The molecule has 0 saturated heterocycles. The summed E-state index contributed by atoms with van der Waals surface area (Å²) in [6, 6.07) is 19.3. The van der Waals surface area contributed by atoms with E-state index >= 15 is 0 Å². The lowest BCUT2D eigenvalue weighted by Crippen LogP contribution is -2.28. The fourth-order valence-corrected chi connectivity index (χ4v) is 3.36. The Balaban J connectivity index is 1.49. The van der Waals surface area contributed by atoms with Gasteiger partial charge in [-0.05, 0) is 36.6 Å². The maximum atomic E-state index is 13.2. The van der Waals surface area contributed by atoms with Gasteiger partial charge in [0, 0.05) is 24.3 Å². The Morgan fingerprint density at radius 2 is 1.81 bits per heavy atom. The second-order valence-corrected chi connectivity index (χ2v) is 7.57. The van der Waals surface area contributed by atoms with Crippen LogP contribution in [-0.2, 0) is 11.3 Å². The predicted molar refractivity (Wildman–Crippen MR) is 117 cm³/mol. The van der Waals surface area contributed by atoms with Gasteiger partial charge in [0.25, 0.3) is 11.5 Å². The van der Waals surface area contributed by atoms with Gasteiger partial charge in [-0.2, -0.15) is 5.26 Å². The van der Waals surface area contributed by atoms with Gasteiger partial charge >= 0.3 is 0 Å². The molecule has 1 N–H and O–H groups in total. The third-order valence-electron chi connectivity index (χ3n) is 5.19. The molecule has 1 fully saturated rings. The average Bonchev–Trinajstić information content (AvgIpc) is 3.67. The van der Waals surface area contributed by atoms with Gasteiger partial charge < -0.3 is 14.6 Å². The number of carbonyl (C=O) groups excluding carboxylic acids is 2. The molecular formula is C25H21N3O4. The van der Waals surface area contributed by atoms with Crippen molar-refractivity contribution in [1.29, 1.82) is 5.26 Å². The van der Waals surface area contributed by atoms with Crippen LogP contribution >= 0.6 is 0 Å². The lowest BCUT2D eigenvalue weighted by Gasteiger charge is -2.12. The Morgan fingerprint density at radius 1 is 1.09 bits per heavy atom. The SMILES string of the molecule is N#Cc1cc(C(=O)c2ccccc2OCC(=O)NCc2ccccc2)cn(C2CC2)c1=O. The van der Waals surface area contributed by atoms with Gasteiger partial charge in [-0.15, -0.1) is 0 Å². The minimum atomic E-state index is -0.383. The van der Waals surface area contributed by atoms with Crippen LogP contribution in [0.2, 0.25) is 0 Å². The van der Waals surface area contributed by atoms with Crippen LogP contribution in [-0.4, -0.2) is 22.9 Å². The lowest BCUT2D eigenvalue weighted by atomic mass is 10.0. The first-order valence-corrected chi connectivity index (χ1v) is 10.3. The van der Waals surface area contributed by atoms with Crippen molar-refractivity contribution in [3.05, 3.63) is 99.5 Å². The molecule has 1 aromatic heterocycles. The molecule has 0 bridgehead atoms. The molecule has 0 spiro atoms. The highest BCUT2D eigenvalue weighted by Gasteiger charge is 2.27. The van der Waals surface area contributed by atoms with Crippen molar-refractivity contribution in [2.75, 3.05) is 6.61 Å². The van der Waals surface area contributed by atoms with E-state index in [0.29, 0.717) is 6.54 Å². The zero-order chi connectivity index (χ0) is 22.5. The normalized spacial score (nSPS) is 12.6. The number of pyridine rings is 1. The summed E-state index contributed by atoms with van der Waals surface area (Å²) in [5.74, 6) is -0.434. The van der Waals surface area contributed by atoms with Crippen molar-refractivity contribution < 1.29 is 14.3 Å². The minimum absolute atomic E-state index is 0.0298. The van der Waals surface area contributed by atoms with E-state index in [2.05, 4.69) is 5.32 Å². The van der Waals surface area contributed by atoms with E-state index in [9.17, 15) is 19.6 Å². The first kappa shape index (κ1) is 21.1. The Kier molecular flexibility index (Phi) is 6.13. The summed E-state index contributed by atoms with van der Waals surface area (Å²) in [6.07, 6.45) is 3.20. The maximum Gasteiger partial charge on any atom is 0.268 e. The topological polar surface area (TPSA) is 101 Å². The number of benzene rings is 2. The maximum absolute atomic E-state index is 13.2. The summed E-state index contributed by atoms with van der Waals surface area (Å²) in [6.45, 7) is 0.130. The molecule has 1 aliphatic carbocycles. The number of para-hydroxylation sites is 1. The smallest absolute Gasteiger partial charge is 0.268 e. The third-order valence-corrected chi connectivity index (χ3v) is 5.19. The molecule has 3 aromatic rings. The predicted octanol–water partition coefficient (Wildman–Crippen LogP) is 2.98. The third kappa shape index (κ3) is 4.76. The number of nitrogens with one attached hydrogen (secondary N) is 1. The molecule has 0 radical (unpaired) electrons. The molecule has 1 amide bonds. The zero-order valence-electron chi connectivity index (χ0n) is 17.3. The summed E-state index contributed by atoms with van der Waals surface area (Å²) in [5.41, 5.74) is 1.01. The summed E-state index contributed by atoms with van der Waals surface area (Å²) >= 11 is 0. The summed E-state index contributed by atoms with van der Waals surface area (Å²) in [5, 5.41) is 12.1. The number of carbonyl (C=O) groups is 2. The van der Waals surface area contributed by atoms with Gasteiger partial charge in [-0.25, -0.2) is 0 Å². The number of ketones is 1. The highest BCUT2D eigenvalue weighted by atomic mass is 16.5. The average molecular weight is 427 g/mol. The van der Waals surface area contributed by atoms with Crippen molar-refractivity contribution in [3.8, 4) is 11.8 Å². The highest BCUT2D eigenvalue weighted by Crippen LogP contribution is 2.34. The first-order chi connectivity index (χ1) is 15.6. The Hall–Kier alpha value is -4.18. The molecule has 1 saturated carbocycles. The minimum Gasteiger partial charge on any atom is -0.483 e. The number of amides is 1. The van der Waals surface area contributed by atoms with Crippen molar-refractivity contribution in [2.45, 2.75) is 25.4 Å². The first-order valence-electron chi connectivity index (χ1n) is 10.3. The van der Waals surface area contributed by atoms with Gasteiger partial charge in [0.2, 0.25) is 0 Å². The van der Waals surface area contributed by atoms with Crippen molar-refractivity contribution in [3.63, 3.8) is 0 Å². The van der Waals surface area contributed by atoms with Crippen LogP contribution < -0.4 is 15.6 Å². The number of hydrogen-bond donors (Lipinski definition) is 1. The van der Waals surface area contributed by atoms with Crippen LogP contribution in [0.5, 0.6) is 5.75 Å². The molecule has 0 unspecified atom stereocenters. The van der Waals surface area contributed by atoms with Crippen LogP contribution in [0, 0.1) is 11.3 Å². The van der Waals surface area contributed by atoms with E-state index in [4.69, 9.17) is 4.74 Å². The largest absolute Gasteiger partial charge is 0.483 e. The lowest BCUT2D eigenvalue weighted by molar-refractivity contribution is -0.123. The molecule has 7 heteroatoms. The van der Waals surface area contributed by atoms with Gasteiger partial charge in [0.05, 0.1) is 5.56 Å². The Morgan fingerprint density at radius 3 is 2.53 bits per heavy atom. The number of rotatable bonds is 8. The van der Waals surface area contributed by atoms with E-state index < -0.39 is 0 Å². The van der Waals surface area contributed by atoms with E-state index in [0.717, 1.165) is 18.4 Å². The van der Waals surface area contributed by atoms with Gasteiger partial charge in [-0.3, -0.25) is 14.4 Å². The second-order valence-electron chi connectivity index (χ2n) is 7.57. The molecule has 2 aromatic carbocycles. The summed E-state index contributed by atoms with van der Waals surface area (Å²) < 4.78 is 7.10. The van der Waals surface area contributed by atoms with E-state index in [-0.39, 0.29) is 52.3 Å². The standard InChI is InChI=1S/C25H21N3O4/c26-13-18-12-19(15-28(25(18)31)20-10-11-20)24(30)21-8-4-5-9-22(21)32-16-23(29)27-14-17-6-2-1-3-7-17/h1-9,12,15,20H,10-11,14,16H2,(H,27,29). The van der Waals surface area contributed by atoms with Gasteiger partial charge in [0.15, 0.2) is 12.4 Å². The highest BCUT2D eigenvalue weighted by molar-refractivity contribution is 6.10. The molecule has 7 nitrogen and oxygen atoms in total. The van der Waals surface area contributed by atoms with E-state index in [1.807, 2.05) is 36.4 Å². The van der Waals surface area contributed by atoms with Crippen LogP contribution in [0.15, 0.2) is 71.7 Å². The van der Waals surface area contributed by atoms with Crippen molar-refractivity contribution in [2.24, 2.45) is 0 Å². The molecule has 160 valence electrons. The van der Waals surface area contributed by atoms with Crippen LogP contribution in [0.25, 0.3) is 0 Å². The fraction of sp³-hybridized carbons (Fsp3) is 0.200. The number of nitriles is 1. The fourth-order valence-electron chi connectivity index (χ4n) is 3.36. The monoisotopic (exact) mass is 427 g/mol. The van der Waals surface area contributed by atoms with Gasteiger partial charge in [0.1, 0.15) is 17.4 Å². The molecule has 0 atom stereocenters. The molecule has 0 aliphatic heterocycles. The Labute approximate surface area is 184 Å². The Bertz CT molecular complexity index is 1250. The van der Waals surface area contributed by atoms with E-state index in [1.165, 1.54) is 16.8 Å². The van der Waals surface area contributed by atoms with Gasteiger partial charge in [-0.1, -0.05) is 42.5 Å².